The van der Waals surface area contributed by atoms with E-state index in [0.29, 0.717) is 0 Å². The number of hydrogen-bond acceptors (Lipinski definition) is 4. The molecule has 2 aliphatic rings. The first-order valence-corrected chi connectivity index (χ1v) is 22.3. The quantitative estimate of drug-likeness (QED) is 0.158. The Morgan fingerprint density at radius 1 is 0.433 bits per heavy atom. The van der Waals surface area contributed by atoms with Gasteiger partial charge in [-0.2, -0.15) is 0 Å². The SMILES string of the molecule is C1=CC(N(c2ccc(-c3ccc(N(c4cccc5ccccc45)c4cccc5c4sc4ccccc45)cc3)cc2)c2cccc3ccccc23)C2Sc3ccccc3C2=C1. The third-order valence-electron chi connectivity index (χ3n) is 12.2. The van der Waals surface area contributed by atoms with Gasteiger partial charge < -0.3 is 9.80 Å². The molecule has 2 nitrogen and oxygen atoms in total. The summed E-state index contributed by atoms with van der Waals surface area (Å²) < 4.78 is 2.59. The zero-order valence-electron chi connectivity index (χ0n) is 32.7. The van der Waals surface area contributed by atoms with Crippen LogP contribution in [0.4, 0.5) is 28.4 Å². The van der Waals surface area contributed by atoms with Crippen LogP contribution in [0.25, 0.3) is 58.4 Å². The first-order valence-electron chi connectivity index (χ1n) is 20.6. The van der Waals surface area contributed by atoms with Crippen LogP contribution in [0.1, 0.15) is 5.56 Å². The van der Waals surface area contributed by atoms with Gasteiger partial charge in [-0.1, -0.05) is 164 Å². The number of thiophene rings is 1. The van der Waals surface area contributed by atoms with Crippen LogP contribution in [-0.4, -0.2) is 11.3 Å². The predicted octanol–water partition coefficient (Wildman–Crippen LogP) is 16.1. The predicted molar refractivity (Wildman–Crippen MR) is 260 cm³/mol. The van der Waals surface area contributed by atoms with Crippen molar-refractivity contribution in [3.63, 3.8) is 0 Å². The van der Waals surface area contributed by atoms with Gasteiger partial charge in [0.15, 0.2) is 0 Å². The number of thioether (sulfide) groups is 1. The van der Waals surface area contributed by atoms with Crippen LogP contribution in [0, 0.1) is 0 Å². The van der Waals surface area contributed by atoms with E-state index >= 15 is 0 Å². The fraction of sp³-hybridized carbons (Fsp3) is 0.0357. The molecule has 0 saturated heterocycles. The van der Waals surface area contributed by atoms with Crippen LogP contribution in [-0.2, 0) is 0 Å². The Balaban J connectivity index is 0.940. The number of anilines is 5. The van der Waals surface area contributed by atoms with Gasteiger partial charge in [-0.3, -0.25) is 0 Å². The molecule has 0 spiro atoms. The Morgan fingerprint density at radius 3 is 1.77 bits per heavy atom. The van der Waals surface area contributed by atoms with E-state index in [0.717, 1.165) is 5.69 Å². The monoisotopic (exact) mass is 802 g/mol. The molecule has 1 aromatic heterocycles. The summed E-state index contributed by atoms with van der Waals surface area (Å²) in [6.45, 7) is 0. The summed E-state index contributed by atoms with van der Waals surface area (Å²) in [6, 6.07) is 73.7. The lowest BCUT2D eigenvalue weighted by molar-refractivity contribution is 0.815. The molecule has 2 atom stereocenters. The Bertz CT molecular complexity index is 3310. The van der Waals surface area contributed by atoms with Crippen LogP contribution in [0.15, 0.2) is 223 Å². The van der Waals surface area contributed by atoms with Crippen molar-refractivity contribution in [1.82, 2.24) is 0 Å². The summed E-state index contributed by atoms with van der Waals surface area (Å²) in [5.41, 5.74) is 11.0. The molecule has 0 N–H and O–H groups in total. The molecule has 60 heavy (non-hydrogen) atoms. The Hall–Kier alpha value is -6.85. The largest absolute Gasteiger partial charge is 0.332 e. The maximum absolute atomic E-state index is 2.57. The average molecular weight is 803 g/mol. The lowest BCUT2D eigenvalue weighted by atomic mass is 9.92. The van der Waals surface area contributed by atoms with Gasteiger partial charge in [0.05, 0.1) is 27.4 Å². The molecule has 1 aliphatic heterocycles. The lowest BCUT2D eigenvalue weighted by Crippen LogP contribution is -2.38. The summed E-state index contributed by atoms with van der Waals surface area (Å²) in [6.07, 6.45) is 6.97. The van der Waals surface area contributed by atoms with Crippen molar-refractivity contribution in [2.75, 3.05) is 9.80 Å². The zero-order valence-corrected chi connectivity index (χ0v) is 34.3. The van der Waals surface area contributed by atoms with Gasteiger partial charge >= 0.3 is 0 Å². The second-order valence-corrected chi connectivity index (χ2v) is 17.8. The molecular formula is C56H38N2S2. The summed E-state index contributed by atoms with van der Waals surface area (Å²) >= 11 is 3.86. The highest BCUT2D eigenvalue weighted by Gasteiger charge is 2.38. The minimum Gasteiger partial charge on any atom is -0.332 e. The standard InChI is InChI=1S/C56H38N2S2/c1-3-17-43-39(13-1)15-9-23-49(43)57(51-25-11-21-47-45-19-5-7-27-53(45)59-55(47)51)41-33-29-37(30-34-41)38-31-35-42(36-32-38)58(50-24-10-16-40-14-2-4-18-44(40)50)52-26-12-22-48-46-20-6-8-28-54(46)60-56(48)52/h1-36,51,55H. The highest BCUT2D eigenvalue weighted by atomic mass is 32.2. The van der Waals surface area contributed by atoms with E-state index in [1.807, 2.05) is 23.1 Å². The molecule has 9 aromatic carbocycles. The normalized spacial score (nSPS) is 15.6. The molecule has 2 unspecified atom stereocenters. The van der Waals surface area contributed by atoms with Crippen LogP contribution in [0.3, 0.4) is 0 Å². The van der Waals surface area contributed by atoms with Crippen molar-refractivity contribution in [2.45, 2.75) is 16.2 Å². The van der Waals surface area contributed by atoms with E-state index < -0.39 is 0 Å². The fourth-order valence-electron chi connectivity index (χ4n) is 9.42. The molecule has 1 aliphatic carbocycles. The second kappa shape index (κ2) is 14.5. The smallest absolute Gasteiger partial charge is 0.0689 e. The molecular weight excluding hydrogens is 765 g/mol. The van der Waals surface area contributed by atoms with Crippen LogP contribution >= 0.6 is 23.1 Å². The molecule has 0 saturated carbocycles. The van der Waals surface area contributed by atoms with Gasteiger partial charge in [0.1, 0.15) is 0 Å². The maximum atomic E-state index is 2.57. The number of nitrogens with zero attached hydrogens (tertiary/aromatic N) is 2. The van der Waals surface area contributed by atoms with Crippen molar-refractivity contribution in [3.05, 3.63) is 224 Å². The Morgan fingerprint density at radius 2 is 1.00 bits per heavy atom. The molecule has 0 amide bonds. The van der Waals surface area contributed by atoms with Crippen molar-refractivity contribution in [3.8, 4) is 11.1 Å². The lowest BCUT2D eigenvalue weighted by Gasteiger charge is -2.38. The second-order valence-electron chi connectivity index (χ2n) is 15.6. The highest BCUT2D eigenvalue weighted by Crippen LogP contribution is 2.51. The summed E-state index contributed by atoms with van der Waals surface area (Å²) in [4.78, 5) is 6.38. The molecule has 12 rings (SSSR count). The number of rotatable bonds is 7. The van der Waals surface area contributed by atoms with Gasteiger partial charge in [0.25, 0.3) is 0 Å². The van der Waals surface area contributed by atoms with E-state index in [-0.39, 0.29) is 11.3 Å². The van der Waals surface area contributed by atoms with Crippen LogP contribution < -0.4 is 9.80 Å². The summed E-state index contributed by atoms with van der Waals surface area (Å²) in [5, 5.41) is 7.83. The molecule has 0 fully saturated rings. The zero-order chi connectivity index (χ0) is 39.6. The van der Waals surface area contributed by atoms with Gasteiger partial charge in [-0.05, 0) is 87.6 Å². The van der Waals surface area contributed by atoms with Crippen molar-refractivity contribution in [1.29, 1.82) is 0 Å². The highest BCUT2D eigenvalue weighted by molar-refractivity contribution is 8.01. The molecule has 284 valence electrons. The molecule has 2 heterocycles. The number of benzene rings is 9. The van der Waals surface area contributed by atoms with Crippen molar-refractivity contribution >= 4 is 98.8 Å². The average Bonchev–Trinajstić information content (AvgIpc) is 3.90. The Kier molecular flexibility index (Phi) is 8.46. The van der Waals surface area contributed by atoms with Crippen LogP contribution in [0.5, 0.6) is 0 Å². The van der Waals surface area contributed by atoms with Gasteiger partial charge in [-0.25, -0.2) is 0 Å². The minimum atomic E-state index is 0.129. The maximum Gasteiger partial charge on any atom is 0.0689 e. The third kappa shape index (κ3) is 5.78. The van der Waals surface area contributed by atoms with E-state index in [2.05, 4.69) is 228 Å². The number of hydrogen-bond donors (Lipinski definition) is 0. The summed E-state index contributed by atoms with van der Waals surface area (Å²) in [7, 11) is 0. The first kappa shape index (κ1) is 35.1. The topological polar surface area (TPSA) is 6.48 Å². The molecule has 4 heteroatoms. The van der Waals surface area contributed by atoms with Crippen LogP contribution in [0.2, 0.25) is 0 Å². The Labute approximate surface area is 358 Å². The van der Waals surface area contributed by atoms with Gasteiger partial charge in [-0.15, -0.1) is 23.1 Å². The molecule has 0 bridgehead atoms. The van der Waals surface area contributed by atoms with E-state index in [1.165, 1.54) is 91.6 Å². The fourth-order valence-corrected chi connectivity index (χ4v) is 12.1. The number of allylic oxidation sites excluding steroid dienone is 2. The minimum absolute atomic E-state index is 0.129. The van der Waals surface area contributed by atoms with Crippen molar-refractivity contribution < 1.29 is 0 Å². The molecule has 10 aromatic rings. The van der Waals surface area contributed by atoms with E-state index in [4.69, 9.17) is 0 Å². The van der Waals surface area contributed by atoms with Gasteiger partial charge in [0, 0.05) is 48.2 Å². The number of fused-ring (bicyclic) bond motifs is 8. The first-order chi connectivity index (χ1) is 29.8. The van der Waals surface area contributed by atoms with Crippen molar-refractivity contribution in [2.24, 2.45) is 0 Å². The van der Waals surface area contributed by atoms with E-state index in [9.17, 15) is 0 Å². The van der Waals surface area contributed by atoms with E-state index in [1.54, 1.807) is 0 Å². The third-order valence-corrected chi connectivity index (χ3v) is 14.8. The molecule has 0 radical (unpaired) electrons. The summed E-state index contributed by atoms with van der Waals surface area (Å²) in [5.74, 6) is 0. The van der Waals surface area contributed by atoms with Gasteiger partial charge in [0.2, 0.25) is 0 Å².